The van der Waals surface area contributed by atoms with Crippen molar-refractivity contribution < 1.29 is 4.79 Å². The summed E-state index contributed by atoms with van der Waals surface area (Å²) in [6, 6.07) is 13.5. The Morgan fingerprint density at radius 2 is 2.10 bits per heavy atom. The second-order valence-corrected chi connectivity index (χ2v) is 5.78. The van der Waals surface area contributed by atoms with Gasteiger partial charge in [-0.15, -0.1) is 0 Å². The standard InChI is InChI=1S/C16H14BrN3O/c1-11-8-12(17)6-7-13(11)19-16(21)9-20-10-18-14-4-2-3-5-15(14)20/h2-8,10H,9H2,1H3,(H,19,21). The summed E-state index contributed by atoms with van der Waals surface area (Å²) >= 11 is 3.41. The highest BCUT2D eigenvalue weighted by atomic mass is 79.9. The van der Waals surface area contributed by atoms with Crippen LogP contribution >= 0.6 is 15.9 Å². The molecule has 106 valence electrons. The molecule has 5 heteroatoms. The molecular weight excluding hydrogens is 330 g/mol. The van der Waals surface area contributed by atoms with Crippen molar-refractivity contribution in [3.8, 4) is 0 Å². The molecule has 21 heavy (non-hydrogen) atoms. The quantitative estimate of drug-likeness (QED) is 0.787. The number of amides is 1. The van der Waals surface area contributed by atoms with Crippen molar-refractivity contribution >= 4 is 38.6 Å². The van der Waals surface area contributed by atoms with Crippen LogP contribution in [-0.4, -0.2) is 15.5 Å². The number of carbonyl (C=O) groups excluding carboxylic acids is 1. The average molecular weight is 344 g/mol. The Hall–Kier alpha value is -2.14. The third-order valence-electron chi connectivity index (χ3n) is 3.30. The summed E-state index contributed by atoms with van der Waals surface area (Å²) < 4.78 is 2.84. The molecule has 0 aliphatic heterocycles. The minimum atomic E-state index is -0.0661. The van der Waals surface area contributed by atoms with Gasteiger partial charge in [0.25, 0.3) is 0 Å². The molecule has 1 heterocycles. The van der Waals surface area contributed by atoms with Crippen LogP contribution < -0.4 is 5.32 Å². The van der Waals surface area contributed by atoms with Crippen LogP contribution in [0.5, 0.6) is 0 Å². The molecule has 1 aromatic heterocycles. The molecule has 0 aliphatic rings. The van der Waals surface area contributed by atoms with Gasteiger partial charge in [0.1, 0.15) is 6.54 Å². The van der Waals surface area contributed by atoms with Gasteiger partial charge in [-0.25, -0.2) is 4.98 Å². The molecule has 0 unspecified atom stereocenters. The van der Waals surface area contributed by atoms with E-state index in [9.17, 15) is 4.79 Å². The molecule has 0 fully saturated rings. The van der Waals surface area contributed by atoms with Gasteiger partial charge in [-0.05, 0) is 42.8 Å². The largest absolute Gasteiger partial charge is 0.324 e. The van der Waals surface area contributed by atoms with Crippen molar-refractivity contribution in [1.82, 2.24) is 9.55 Å². The maximum atomic E-state index is 12.2. The Bertz CT molecular complexity index is 810. The molecule has 3 aromatic rings. The normalized spacial score (nSPS) is 10.8. The molecule has 1 amide bonds. The number of fused-ring (bicyclic) bond motifs is 1. The number of rotatable bonds is 3. The van der Waals surface area contributed by atoms with E-state index >= 15 is 0 Å². The van der Waals surface area contributed by atoms with Crippen molar-refractivity contribution in [3.63, 3.8) is 0 Å². The second-order valence-electron chi connectivity index (χ2n) is 4.87. The summed E-state index contributed by atoms with van der Waals surface area (Å²) in [4.78, 5) is 16.5. The average Bonchev–Trinajstić information content (AvgIpc) is 2.85. The second kappa shape index (κ2) is 5.69. The number of hydrogen-bond donors (Lipinski definition) is 1. The molecule has 0 atom stereocenters. The summed E-state index contributed by atoms with van der Waals surface area (Å²) in [5.74, 6) is -0.0661. The van der Waals surface area contributed by atoms with Crippen molar-refractivity contribution in [1.29, 1.82) is 0 Å². The Morgan fingerprint density at radius 1 is 1.29 bits per heavy atom. The van der Waals surface area contributed by atoms with Crippen LogP contribution in [0, 0.1) is 6.92 Å². The lowest BCUT2D eigenvalue weighted by Crippen LogP contribution is -2.18. The van der Waals surface area contributed by atoms with Crippen molar-refractivity contribution in [3.05, 3.63) is 58.8 Å². The van der Waals surface area contributed by atoms with Gasteiger partial charge in [0.15, 0.2) is 0 Å². The number of imidazole rings is 1. The number of carbonyl (C=O) groups is 1. The van der Waals surface area contributed by atoms with Gasteiger partial charge in [-0.1, -0.05) is 28.1 Å². The molecule has 4 nitrogen and oxygen atoms in total. The molecule has 0 radical (unpaired) electrons. The van der Waals surface area contributed by atoms with E-state index in [1.165, 1.54) is 0 Å². The minimum absolute atomic E-state index is 0.0661. The fraction of sp³-hybridized carbons (Fsp3) is 0.125. The van der Waals surface area contributed by atoms with E-state index in [4.69, 9.17) is 0 Å². The molecule has 0 saturated carbocycles. The predicted molar refractivity (Wildman–Crippen MR) is 87.2 cm³/mol. The van der Waals surface area contributed by atoms with Crippen LogP contribution in [0.15, 0.2) is 53.3 Å². The lowest BCUT2D eigenvalue weighted by molar-refractivity contribution is -0.116. The molecule has 3 rings (SSSR count). The molecule has 0 spiro atoms. The van der Waals surface area contributed by atoms with Crippen molar-refractivity contribution in [2.75, 3.05) is 5.32 Å². The Morgan fingerprint density at radius 3 is 2.90 bits per heavy atom. The number of para-hydroxylation sites is 2. The maximum Gasteiger partial charge on any atom is 0.244 e. The van der Waals surface area contributed by atoms with E-state index < -0.39 is 0 Å². The van der Waals surface area contributed by atoms with Gasteiger partial charge < -0.3 is 9.88 Å². The number of benzene rings is 2. The fourth-order valence-corrected chi connectivity index (χ4v) is 2.72. The summed E-state index contributed by atoms with van der Waals surface area (Å²) in [6.45, 7) is 2.21. The van der Waals surface area contributed by atoms with Gasteiger partial charge in [0.2, 0.25) is 5.91 Å². The minimum Gasteiger partial charge on any atom is -0.324 e. The molecule has 0 saturated heterocycles. The Balaban J connectivity index is 1.77. The molecule has 1 N–H and O–H groups in total. The lowest BCUT2D eigenvalue weighted by Gasteiger charge is -2.09. The zero-order valence-corrected chi connectivity index (χ0v) is 13.1. The van der Waals surface area contributed by atoms with Crippen LogP contribution in [0.3, 0.4) is 0 Å². The topological polar surface area (TPSA) is 46.9 Å². The lowest BCUT2D eigenvalue weighted by atomic mass is 10.2. The Kier molecular flexibility index (Phi) is 3.75. The van der Waals surface area contributed by atoms with E-state index in [0.29, 0.717) is 0 Å². The zero-order valence-electron chi connectivity index (χ0n) is 11.5. The van der Waals surface area contributed by atoms with Crippen LogP contribution in [0.1, 0.15) is 5.56 Å². The van der Waals surface area contributed by atoms with Crippen molar-refractivity contribution in [2.45, 2.75) is 13.5 Å². The third kappa shape index (κ3) is 2.97. The maximum absolute atomic E-state index is 12.2. The highest BCUT2D eigenvalue weighted by molar-refractivity contribution is 9.10. The first kappa shape index (κ1) is 13.8. The van der Waals surface area contributed by atoms with Crippen molar-refractivity contribution in [2.24, 2.45) is 0 Å². The third-order valence-corrected chi connectivity index (χ3v) is 3.80. The summed E-state index contributed by atoms with van der Waals surface area (Å²) in [5.41, 5.74) is 3.70. The molecule has 2 aromatic carbocycles. The van der Waals surface area contributed by atoms with E-state index in [-0.39, 0.29) is 12.5 Å². The fourth-order valence-electron chi connectivity index (χ4n) is 2.25. The number of nitrogens with one attached hydrogen (secondary N) is 1. The summed E-state index contributed by atoms with van der Waals surface area (Å²) in [6.07, 6.45) is 1.69. The molecule has 0 bridgehead atoms. The zero-order chi connectivity index (χ0) is 14.8. The summed E-state index contributed by atoms with van der Waals surface area (Å²) in [7, 11) is 0. The smallest absolute Gasteiger partial charge is 0.244 e. The van der Waals surface area contributed by atoms with Crippen LogP contribution in [0.4, 0.5) is 5.69 Å². The van der Waals surface area contributed by atoms with E-state index in [1.54, 1.807) is 6.33 Å². The number of hydrogen-bond acceptors (Lipinski definition) is 2. The van der Waals surface area contributed by atoms with E-state index in [0.717, 1.165) is 26.8 Å². The van der Waals surface area contributed by atoms with Crippen LogP contribution in [0.25, 0.3) is 11.0 Å². The SMILES string of the molecule is Cc1cc(Br)ccc1NC(=O)Cn1cnc2ccccc21. The Labute approximate surface area is 130 Å². The highest BCUT2D eigenvalue weighted by Gasteiger charge is 2.08. The van der Waals surface area contributed by atoms with Gasteiger partial charge in [0, 0.05) is 10.2 Å². The molecule has 0 aliphatic carbocycles. The molecular formula is C16H14BrN3O. The first-order chi connectivity index (χ1) is 10.1. The van der Waals surface area contributed by atoms with Gasteiger partial charge in [0.05, 0.1) is 17.4 Å². The number of aryl methyl sites for hydroxylation is 1. The van der Waals surface area contributed by atoms with E-state index in [1.807, 2.05) is 54.0 Å². The van der Waals surface area contributed by atoms with Gasteiger partial charge in [-0.3, -0.25) is 4.79 Å². The predicted octanol–water partition coefficient (Wildman–Crippen LogP) is 3.75. The highest BCUT2D eigenvalue weighted by Crippen LogP contribution is 2.20. The number of aromatic nitrogens is 2. The monoisotopic (exact) mass is 343 g/mol. The van der Waals surface area contributed by atoms with Crippen LogP contribution in [0.2, 0.25) is 0 Å². The van der Waals surface area contributed by atoms with Gasteiger partial charge >= 0.3 is 0 Å². The number of halogens is 1. The summed E-state index contributed by atoms with van der Waals surface area (Å²) in [5, 5.41) is 2.93. The van der Waals surface area contributed by atoms with Gasteiger partial charge in [-0.2, -0.15) is 0 Å². The first-order valence-corrected chi connectivity index (χ1v) is 7.38. The van der Waals surface area contributed by atoms with Crippen LogP contribution in [-0.2, 0) is 11.3 Å². The number of anilines is 1. The first-order valence-electron chi connectivity index (χ1n) is 6.59. The van der Waals surface area contributed by atoms with E-state index in [2.05, 4.69) is 26.2 Å². The number of nitrogens with zero attached hydrogens (tertiary/aromatic N) is 2.